The van der Waals surface area contributed by atoms with E-state index in [1.54, 1.807) is 17.9 Å². The Morgan fingerprint density at radius 3 is 2.51 bits per heavy atom. The number of rotatable bonds is 6. The number of hydrogen-bond acceptors (Lipinski definition) is 11. The minimum Gasteiger partial charge on any atom is -0.652 e. The van der Waals surface area contributed by atoms with E-state index < -0.39 is 6.16 Å². The first-order chi connectivity index (χ1) is 16.6. The normalized spacial score (nSPS) is 13.2. The van der Waals surface area contributed by atoms with Crippen LogP contribution in [-0.4, -0.2) is 58.8 Å². The van der Waals surface area contributed by atoms with Crippen molar-refractivity contribution in [2.75, 3.05) is 37.4 Å². The second kappa shape index (κ2) is 15.9. The van der Waals surface area contributed by atoms with Gasteiger partial charge in [0.1, 0.15) is 24.0 Å². The van der Waals surface area contributed by atoms with Crippen molar-refractivity contribution in [1.82, 2.24) is 19.7 Å². The summed E-state index contributed by atoms with van der Waals surface area (Å²) in [5, 5.41) is 32.2. The molecule has 1 aromatic carbocycles. The second-order valence-corrected chi connectivity index (χ2v) is 8.13. The first-order valence-corrected chi connectivity index (χ1v) is 11.0. The Kier molecular flexibility index (Phi) is 15.2. The summed E-state index contributed by atoms with van der Waals surface area (Å²) in [6.45, 7) is 7.53. The van der Waals surface area contributed by atoms with Gasteiger partial charge >= 0.3 is 138 Å². The summed E-state index contributed by atoms with van der Waals surface area (Å²) in [6, 6.07) is 3.73. The van der Waals surface area contributed by atoms with E-state index in [1.807, 2.05) is 20.8 Å². The molecule has 186 valence electrons. The predicted octanol–water partition coefficient (Wildman–Crippen LogP) is -5.35. The van der Waals surface area contributed by atoms with Gasteiger partial charge in [0, 0.05) is 25.8 Å². The molecule has 1 unspecified atom stereocenters. The molecule has 0 radical (unpaired) electrons. The molecule has 37 heavy (non-hydrogen) atoms. The summed E-state index contributed by atoms with van der Waals surface area (Å²) in [7, 11) is 1.68. The number of nitrogens with zero attached hydrogens (tertiary/aromatic N) is 6. The summed E-state index contributed by atoms with van der Waals surface area (Å²) in [5.41, 5.74) is 9.32. The third-order valence-corrected chi connectivity index (χ3v) is 5.94. The summed E-state index contributed by atoms with van der Waals surface area (Å²) < 4.78 is 13.3. The summed E-state index contributed by atoms with van der Waals surface area (Å²) in [6.07, 6.45) is -0.800. The van der Waals surface area contributed by atoms with Crippen LogP contribution >= 0.6 is 11.6 Å². The predicted molar refractivity (Wildman–Crippen MR) is 124 cm³/mol. The van der Waals surface area contributed by atoms with Crippen LogP contribution in [-0.2, 0) is 4.74 Å². The third kappa shape index (κ3) is 7.94. The third-order valence-electron chi connectivity index (χ3n) is 5.64. The molecule has 1 aliphatic heterocycles. The van der Waals surface area contributed by atoms with Gasteiger partial charge < -0.3 is 35.1 Å². The molecule has 3 aromatic rings. The van der Waals surface area contributed by atoms with E-state index in [4.69, 9.17) is 41.8 Å². The van der Waals surface area contributed by atoms with Crippen LogP contribution in [0.3, 0.4) is 0 Å². The van der Waals surface area contributed by atoms with Gasteiger partial charge in [0.25, 0.3) is 0 Å². The minimum atomic E-state index is -2.33. The molecular formula is C22H24ClCs2N7O5. The number of aryl methyl sites for hydroxylation is 1. The van der Waals surface area contributed by atoms with E-state index >= 15 is 0 Å². The Labute approximate surface area is 337 Å². The van der Waals surface area contributed by atoms with Crippen molar-refractivity contribution in [3.63, 3.8) is 0 Å². The molecule has 12 nitrogen and oxygen atoms in total. The maximum Gasteiger partial charge on any atom is 1.00 e. The van der Waals surface area contributed by atoms with E-state index in [0.717, 1.165) is 16.6 Å². The van der Waals surface area contributed by atoms with Gasteiger partial charge in [0.2, 0.25) is 0 Å². The van der Waals surface area contributed by atoms with Crippen molar-refractivity contribution in [3.8, 4) is 11.8 Å². The molecule has 1 aliphatic rings. The second-order valence-electron chi connectivity index (χ2n) is 7.72. The van der Waals surface area contributed by atoms with Crippen molar-refractivity contribution < 1.29 is 162 Å². The fraction of sp³-hybridized carbons (Fsp3) is 0.409. The van der Waals surface area contributed by atoms with E-state index in [9.17, 15) is 5.26 Å². The molecule has 0 spiro atoms. The van der Waals surface area contributed by atoms with Crippen LogP contribution in [0.2, 0.25) is 5.02 Å². The van der Waals surface area contributed by atoms with Gasteiger partial charge in [-0.2, -0.15) is 10.4 Å². The van der Waals surface area contributed by atoms with Crippen LogP contribution in [0.25, 0.3) is 11.0 Å². The number of nitrogen functional groups attached to an aromatic ring is 1. The Morgan fingerprint density at radius 1 is 1.35 bits per heavy atom. The minimum absolute atomic E-state index is 0. The zero-order valence-corrected chi connectivity index (χ0v) is 34.9. The molecule has 4 rings (SSSR count). The molecular weight excluding hydrogens is 744 g/mol. The monoisotopic (exact) mass is 767 g/mol. The smallest absolute Gasteiger partial charge is 0.652 e. The summed E-state index contributed by atoms with van der Waals surface area (Å²) >= 11 is 6.57. The number of anilines is 2. The Morgan fingerprint density at radius 2 is 1.97 bits per heavy atom. The molecule has 2 aromatic heterocycles. The maximum absolute atomic E-state index is 9.81. The number of ether oxygens (including phenoxy) is 2. The average molecular weight is 768 g/mol. The fourth-order valence-electron chi connectivity index (χ4n) is 3.99. The standard InChI is InChI=1S/C21H24ClN7O2.CH2O3.2Cs/c1-5-31-19-14(6-16(22)15(7-23)18(19)28-8-13(9-28)30-4)12(3)29-21-17(11(2)27-29)20(24)25-10-26-21;2-1(3)4;;/h6,10,12-13H,5,8-9H2,1-4H3,(H2,24,25,26);(H2,2,3,4);;/q;;2*+1/p-2. The molecule has 1 saturated heterocycles. The maximum atomic E-state index is 9.81. The number of hydrogen-bond donors (Lipinski definition) is 1. The number of fused-ring (bicyclic) bond motifs is 1. The Hall–Kier alpha value is 0.284. The van der Waals surface area contributed by atoms with E-state index in [-0.39, 0.29) is 150 Å². The molecule has 1 fully saturated rings. The molecule has 15 heteroatoms. The van der Waals surface area contributed by atoms with Crippen molar-refractivity contribution in [2.24, 2.45) is 0 Å². The van der Waals surface area contributed by atoms with Gasteiger partial charge in [0.05, 0.1) is 46.1 Å². The van der Waals surface area contributed by atoms with Crippen molar-refractivity contribution in [2.45, 2.75) is 32.9 Å². The van der Waals surface area contributed by atoms with Gasteiger partial charge in [-0.15, -0.1) is 0 Å². The molecule has 0 amide bonds. The number of carboxylic acid groups (broad SMARTS) is 2. The largest absolute Gasteiger partial charge is 1.00 e. The molecule has 3 heterocycles. The summed E-state index contributed by atoms with van der Waals surface area (Å²) in [4.78, 5) is 18.9. The van der Waals surface area contributed by atoms with Crippen LogP contribution in [0.1, 0.15) is 36.7 Å². The van der Waals surface area contributed by atoms with Crippen LogP contribution in [0.4, 0.5) is 16.3 Å². The quantitative estimate of drug-likeness (QED) is 0.254. The molecule has 2 N–H and O–H groups in total. The summed E-state index contributed by atoms with van der Waals surface area (Å²) in [5.74, 6) is 1.00. The first-order valence-electron chi connectivity index (χ1n) is 10.6. The van der Waals surface area contributed by atoms with E-state index in [0.29, 0.717) is 53.2 Å². The number of halogens is 1. The van der Waals surface area contributed by atoms with E-state index in [1.165, 1.54) is 6.33 Å². The fourth-order valence-corrected chi connectivity index (χ4v) is 4.24. The number of carbonyl (C=O) groups is 1. The molecule has 0 bridgehead atoms. The van der Waals surface area contributed by atoms with Crippen molar-refractivity contribution in [1.29, 1.82) is 5.26 Å². The zero-order valence-electron chi connectivity index (χ0n) is 21.6. The topological polar surface area (TPSA) is 178 Å². The van der Waals surface area contributed by atoms with Crippen LogP contribution in [0.15, 0.2) is 12.4 Å². The number of methoxy groups -OCH3 is 1. The number of nitrogens with two attached hydrogens (primary N) is 1. The van der Waals surface area contributed by atoms with Crippen molar-refractivity contribution >= 4 is 40.3 Å². The van der Waals surface area contributed by atoms with Crippen LogP contribution < -0.4 is 163 Å². The first kappa shape index (κ1) is 35.3. The number of benzene rings is 1. The van der Waals surface area contributed by atoms with Gasteiger partial charge in [-0.3, -0.25) is 0 Å². The molecule has 0 saturated carbocycles. The van der Waals surface area contributed by atoms with E-state index in [2.05, 4.69) is 26.0 Å². The number of carbonyl (C=O) groups excluding carboxylic acids is 1. The zero-order chi connectivity index (χ0) is 25.9. The molecule has 0 aliphatic carbocycles. The Balaban J connectivity index is 0.00000107. The Bertz CT molecular complexity index is 1290. The van der Waals surface area contributed by atoms with Gasteiger partial charge in [0.15, 0.2) is 5.65 Å². The molecule has 1 atom stereocenters. The number of nitriles is 1. The average Bonchev–Trinajstić information content (AvgIpc) is 3.11. The van der Waals surface area contributed by atoms with Crippen LogP contribution in [0.5, 0.6) is 5.75 Å². The van der Waals surface area contributed by atoms with Gasteiger partial charge in [-0.1, -0.05) is 11.6 Å². The number of aromatic nitrogens is 4. The van der Waals surface area contributed by atoms with Gasteiger partial charge in [-0.05, 0) is 33.0 Å². The van der Waals surface area contributed by atoms with Gasteiger partial charge in [-0.25, -0.2) is 14.6 Å². The van der Waals surface area contributed by atoms with Crippen LogP contribution in [0, 0.1) is 18.3 Å². The van der Waals surface area contributed by atoms with Crippen molar-refractivity contribution in [3.05, 3.63) is 34.2 Å². The SMILES string of the molecule is CCOc1c(C(C)n2nc(C)c3c(N)ncnc32)cc(Cl)c(C#N)c1N1CC(OC)C1.O=C([O-])[O-].[Cs+].[Cs+].